The van der Waals surface area contributed by atoms with E-state index in [0.717, 1.165) is 6.08 Å². The Bertz CT molecular complexity index is 489. The van der Waals surface area contributed by atoms with Crippen LogP contribution < -0.4 is 0 Å². The molecule has 0 amide bonds. The third kappa shape index (κ3) is 1.66. The number of fused-ring (bicyclic) bond motifs is 1. The normalized spacial score (nSPS) is 16.9. The lowest BCUT2D eigenvalue weighted by Crippen LogP contribution is -1.99. The summed E-state index contributed by atoms with van der Waals surface area (Å²) in [7, 11) is 0. The minimum Gasteiger partial charge on any atom is -0.478 e. The second-order valence-electron chi connectivity index (χ2n) is 3.32. The maximum Gasteiger partial charge on any atom is 0.328 e. The fourth-order valence-electron chi connectivity index (χ4n) is 1.65. The van der Waals surface area contributed by atoms with Crippen LogP contribution in [-0.2, 0) is 11.2 Å². The van der Waals surface area contributed by atoms with Crippen molar-refractivity contribution in [1.29, 1.82) is 0 Å². The average molecular weight is 206 g/mol. The number of benzene rings is 1. The number of ketones is 1. The molecule has 3 nitrogen and oxygen atoms in total. The molecule has 15 heavy (non-hydrogen) atoms. The first kappa shape index (κ1) is 9.58. The Labute approximate surface area is 84.8 Å². The Balaban J connectivity index is 2.46. The predicted molar refractivity (Wildman–Crippen MR) is 50.2 cm³/mol. The number of halogens is 1. The van der Waals surface area contributed by atoms with Crippen LogP contribution in [0.2, 0.25) is 0 Å². The van der Waals surface area contributed by atoms with E-state index in [2.05, 4.69) is 0 Å². The Morgan fingerprint density at radius 2 is 2.20 bits per heavy atom. The first-order valence-corrected chi connectivity index (χ1v) is 4.34. The van der Waals surface area contributed by atoms with Crippen LogP contribution in [0.25, 0.3) is 0 Å². The van der Waals surface area contributed by atoms with E-state index in [1.54, 1.807) is 0 Å². The molecule has 0 bridgehead atoms. The summed E-state index contributed by atoms with van der Waals surface area (Å²) in [6.07, 6.45) is 1.07. The van der Waals surface area contributed by atoms with Gasteiger partial charge < -0.3 is 5.11 Å². The summed E-state index contributed by atoms with van der Waals surface area (Å²) in [5, 5.41) is 8.52. The van der Waals surface area contributed by atoms with Gasteiger partial charge in [-0.2, -0.15) is 0 Å². The number of hydrogen-bond donors (Lipinski definition) is 1. The zero-order valence-electron chi connectivity index (χ0n) is 7.66. The highest BCUT2D eigenvalue weighted by atomic mass is 19.1. The number of allylic oxidation sites excluding steroid dienone is 1. The van der Waals surface area contributed by atoms with E-state index in [1.165, 1.54) is 18.2 Å². The van der Waals surface area contributed by atoms with Crippen LogP contribution in [0.15, 0.2) is 29.8 Å². The van der Waals surface area contributed by atoms with Crippen LogP contribution in [0, 0.1) is 5.82 Å². The van der Waals surface area contributed by atoms with Crippen molar-refractivity contribution in [2.75, 3.05) is 0 Å². The number of rotatable bonds is 1. The third-order valence-corrected chi connectivity index (χ3v) is 2.28. The molecule has 1 aliphatic rings. The van der Waals surface area contributed by atoms with E-state index in [1.807, 2.05) is 0 Å². The lowest BCUT2D eigenvalue weighted by atomic mass is 10.1. The van der Waals surface area contributed by atoms with E-state index >= 15 is 0 Å². The molecule has 0 heterocycles. The van der Waals surface area contributed by atoms with Crippen LogP contribution in [-0.4, -0.2) is 16.9 Å². The first-order valence-electron chi connectivity index (χ1n) is 4.34. The first-order chi connectivity index (χ1) is 7.08. The highest BCUT2D eigenvalue weighted by Crippen LogP contribution is 2.26. The Morgan fingerprint density at radius 1 is 1.47 bits per heavy atom. The zero-order valence-corrected chi connectivity index (χ0v) is 7.66. The molecule has 1 aliphatic carbocycles. The summed E-state index contributed by atoms with van der Waals surface area (Å²) in [6.45, 7) is 0. The summed E-state index contributed by atoms with van der Waals surface area (Å²) in [6, 6.07) is 3.84. The maximum absolute atomic E-state index is 12.8. The molecule has 76 valence electrons. The molecular formula is C11H7FO3. The van der Waals surface area contributed by atoms with Crippen molar-refractivity contribution in [3.63, 3.8) is 0 Å². The molecule has 1 aromatic carbocycles. The Hall–Kier alpha value is -1.97. The van der Waals surface area contributed by atoms with Gasteiger partial charge in [-0.3, -0.25) is 4.79 Å². The molecular weight excluding hydrogens is 199 g/mol. The second kappa shape index (κ2) is 3.31. The fraction of sp³-hybridized carbons (Fsp3) is 0.0909. The molecule has 0 aliphatic heterocycles. The summed E-state index contributed by atoms with van der Waals surface area (Å²) < 4.78 is 12.8. The van der Waals surface area contributed by atoms with Crippen molar-refractivity contribution in [3.8, 4) is 0 Å². The fourth-order valence-corrected chi connectivity index (χ4v) is 1.65. The number of carboxylic acids is 1. The summed E-state index contributed by atoms with van der Waals surface area (Å²) in [4.78, 5) is 22.0. The van der Waals surface area contributed by atoms with Gasteiger partial charge in [0, 0.05) is 23.6 Å². The Morgan fingerprint density at radius 3 is 2.87 bits per heavy atom. The van der Waals surface area contributed by atoms with Gasteiger partial charge in [0.1, 0.15) is 5.82 Å². The van der Waals surface area contributed by atoms with Crippen LogP contribution in [0.1, 0.15) is 15.9 Å². The van der Waals surface area contributed by atoms with Crippen LogP contribution in [0.3, 0.4) is 0 Å². The van der Waals surface area contributed by atoms with Gasteiger partial charge in [0.25, 0.3) is 0 Å². The number of carbonyl (C=O) groups is 2. The van der Waals surface area contributed by atoms with Gasteiger partial charge in [-0.05, 0) is 23.8 Å². The molecule has 0 spiro atoms. The largest absolute Gasteiger partial charge is 0.478 e. The van der Waals surface area contributed by atoms with Gasteiger partial charge in [-0.15, -0.1) is 0 Å². The standard InChI is InChI=1S/C11H7FO3/c12-8-1-2-9-6(4-8)3-7(11(9)15)5-10(13)14/h1-2,4-5H,3H2,(H,13,14)/b7-5+. The van der Waals surface area contributed by atoms with E-state index in [4.69, 9.17) is 5.11 Å². The minimum absolute atomic E-state index is 0.193. The SMILES string of the molecule is O=C(O)/C=C1\Cc2cc(F)ccc2C1=O. The smallest absolute Gasteiger partial charge is 0.328 e. The molecule has 0 saturated carbocycles. The zero-order chi connectivity index (χ0) is 11.0. The van der Waals surface area contributed by atoms with E-state index in [9.17, 15) is 14.0 Å². The highest BCUT2D eigenvalue weighted by molar-refractivity contribution is 6.15. The third-order valence-electron chi connectivity index (χ3n) is 2.28. The molecule has 0 radical (unpaired) electrons. The van der Waals surface area contributed by atoms with E-state index < -0.39 is 11.8 Å². The van der Waals surface area contributed by atoms with Crippen molar-refractivity contribution in [2.24, 2.45) is 0 Å². The molecule has 0 aromatic heterocycles. The number of carbonyl (C=O) groups excluding carboxylic acids is 1. The summed E-state index contributed by atoms with van der Waals surface area (Å²) >= 11 is 0. The highest BCUT2D eigenvalue weighted by Gasteiger charge is 2.25. The molecule has 2 rings (SSSR count). The van der Waals surface area contributed by atoms with Gasteiger partial charge in [0.05, 0.1) is 0 Å². The van der Waals surface area contributed by atoms with Crippen molar-refractivity contribution in [1.82, 2.24) is 0 Å². The topological polar surface area (TPSA) is 54.4 Å². The molecule has 1 aromatic rings. The number of carboxylic acid groups (broad SMARTS) is 1. The van der Waals surface area contributed by atoms with Gasteiger partial charge >= 0.3 is 5.97 Å². The summed E-state index contributed by atoms with van der Waals surface area (Å²) in [5.41, 5.74) is 1.14. The molecule has 0 unspecified atom stereocenters. The molecule has 0 fully saturated rings. The van der Waals surface area contributed by atoms with Gasteiger partial charge in [0.2, 0.25) is 0 Å². The van der Waals surface area contributed by atoms with Crippen LogP contribution >= 0.6 is 0 Å². The monoisotopic (exact) mass is 206 g/mol. The second-order valence-corrected chi connectivity index (χ2v) is 3.32. The maximum atomic E-state index is 12.8. The van der Waals surface area contributed by atoms with Gasteiger partial charge in [0.15, 0.2) is 5.78 Å². The minimum atomic E-state index is -1.16. The summed E-state index contributed by atoms with van der Waals surface area (Å²) in [5.74, 6) is -1.91. The predicted octanol–water partition coefficient (Wildman–Crippen LogP) is 1.58. The molecule has 0 atom stereocenters. The van der Waals surface area contributed by atoms with Crippen molar-refractivity contribution in [2.45, 2.75) is 6.42 Å². The number of aliphatic carboxylic acids is 1. The van der Waals surface area contributed by atoms with E-state index in [-0.39, 0.29) is 17.8 Å². The van der Waals surface area contributed by atoms with Crippen molar-refractivity contribution < 1.29 is 19.1 Å². The Kier molecular flexibility index (Phi) is 2.11. The van der Waals surface area contributed by atoms with Gasteiger partial charge in [-0.1, -0.05) is 0 Å². The molecule has 0 saturated heterocycles. The van der Waals surface area contributed by atoms with Crippen molar-refractivity contribution in [3.05, 3.63) is 46.8 Å². The number of hydrogen-bond acceptors (Lipinski definition) is 2. The lowest BCUT2D eigenvalue weighted by Gasteiger charge is -1.94. The lowest BCUT2D eigenvalue weighted by molar-refractivity contribution is -0.131. The quantitative estimate of drug-likeness (QED) is 0.709. The average Bonchev–Trinajstić information content (AvgIpc) is 2.42. The molecule has 1 N–H and O–H groups in total. The van der Waals surface area contributed by atoms with Crippen LogP contribution in [0.4, 0.5) is 4.39 Å². The number of Topliss-reactive ketones (excluding diaryl/α,β-unsaturated/α-hetero) is 1. The van der Waals surface area contributed by atoms with E-state index in [0.29, 0.717) is 11.1 Å². The van der Waals surface area contributed by atoms with Crippen LogP contribution in [0.5, 0.6) is 0 Å². The van der Waals surface area contributed by atoms with Crippen molar-refractivity contribution >= 4 is 11.8 Å². The molecule has 4 heteroatoms. The van der Waals surface area contributed by atoms with Gasteiger partial charge in [-0.25, -0.2) is 9.18 Å².